The van der Waals surface area contributed by atoms with Gasteiger partial charge in [0.05, 0.1) is 0 Å². The molecule has 1 aromatic rings. The molecule has 4 heteroatoms. The Bertz CT molecular complexity index is 496. The summed E-state index contributed by atoms with van der Waals surface area (Å²) >= 11 is 0. The molecular weight excluding hydrogens is 250 g/mol. The van der Waals surface area contributed by atoms with Crippen LogP contribution < -0.4 is 16.0 Å². The summed E-state index contributed by atoms with van der Waals surface area (Å²) in [4.78, 5) is 13.3. The number of nitrogens with one attached hydrogen (secondary N) is 1. The topological polar surface area (TPSA) is 58.4 Å². The molecule has 4 nitrogen and oxygen atoms in total. The highest BCUT2D eigenvalue weighted by Gasteiger charge is 2.20. The molecule has 1 aliphatic rings. The van der Waals surface area contributed by atoms with Gasteiger partial charge in [0.25, 0.3) is 0 Å². The summed E-state index contributed by atoms with van der Waals surface area (Å²) in [5, 5.41) is 3.41. The Morgan fingerprint density at radius 3 is 2.90 bits per heavy atom. The lowest BCUT2D eigenvalue weighted by Gasteiger charge is -2.29. The lowest BCUT2D eigenvalue weighted by atomic mass is 9.97. The molecule has 2 rings (SSSR count). The minimum Gasteiger partial charge on any atom is -0.374 e. The van der Waals surface area contributed by atoms with Crippen LogP contribution >= 0.6 is 0 Å². The number of carbonyl (C=O) groups is 1. The standard InChI is InChI=1S/C16H25N3O/c1-16(2,10-15(17)20)18-11-12-6-7-14-13(9-12)5-4-8-19(14)3/h6-7,9,18H,4-5,8,10-11H2,1-3H3,(H2,17,20). The van der Waals surface area contributed by atoms with Gasteiger partial charge in [-0.05, 0) is 43.9 Å². The lowest BCUT2D eigenvalue weighted by molar-refractivity contribution is -0.119. The summed E-state index contributed by atoms with van der Waals surface area (Å²) < 4.78 is 0. The fraction of sp³-hybridized carbons (Fsp3) is 0.562. The van der Waals surface area contributed by atoms with Gasteiger partial charge in [0.1, 0.15) is 0 Å². The smallest absolute Gasteiger partial charge is 0.219 e. The minimum atomic E-state index is -0.269. The zero-order valence-electron chi connectivity index (χ0n) is 12.7. The average molecular weight is 275 g/mol. The predicted octanol–water partition coefficient (Wildman–Crippen LogP) is 1.81. The monoisotopic (exact) mass is 275 g/mol. The van der Waals surface area contributed by atoms with Crippen molar-refractivity contribution < 1.29 is 4.79 Å². The molecule has 0 radical (unpaired) electrons. The van der Waals surface area contributed by atoms with E-state index in [1.165, 1.54) is 23.2 Å². The first-order chi connectivity index (χ1) is 9.37. The van der Waals surface area contributed by atoms with Gasteiger partial charge in [-0.3, -0.25) is 4.79 Å². The number of rotatable bonds is 5. The molecule has 1 aromatic carbocycles. The van der Waals surface area contributed by atoms with Crippen LogP contribution in [0.5, 0.6) is 0 Å². The third-order valence-corrected chi connectivity index (χ3v) is 3.88. The van der Waals surface area contributed by atoms with Gasteiger partial charge in [0.15, 0.2) is 0 Å². The van der Waals surface area contributed by atoms with Gasteiger partial charge in [-0.15, -0.1) is 0 Å². The Hall–Kier alpha value is -1.55. The van der Waals surface area contributed by atoms with E-state index in [2.05, 4.69) is 35.5 Å². The van der Waals surface area contributed by atoms with Crippen molar-refractivity contribution in [3.8, 4) is 0 Å². The van der Waals surface area contributed by atoms with Crippen LogP contribution in [0.15, 0.2) is 18.2 Å². The maximum atomic E-state index is 11.0. The number of nitrogens with two attached hydrogens (primary N) is 1. The Kier molecular flexibility index (Phi) is 4.33. The van der Waals surface area contributed by atoms with Crippen LogP contribution in [0.4, 0.5) is 5.69 Å². The number of amides is 1. The fourth-order valence-corrected chi connectivity index (χ4v) is 2.79. The van der Waals surface area contributed by atoms with Crippen LogP contribution in [-0.2, 0) is 17.8 Å². The quantitative estimate of drug-likeness (QED) is 0.861. The highest BCUT2D eigenvalue weighted by molar-refractivity contribution is 5.75. The van der Waals surface area contributed by atoms with Gasteiger partial charge in [0, 0.05) is 37.8 Å². The van der Waals surface area contributed by atoms with Crippen LogP contribution in [0.2, 0.25) is 0 Å². The molecule has 0 saturated carbocycles. The van der Waals surface area contributed by atoms with Crippen LogP contribution in [0.25, 0.3) is 0 Å². The van der Waals surface area contributed by atoms with E-state index < -0.39 is 0 Å². The molecule has 0 spiro atoms. The Morgan fingerprint density at radius 1 is 1.45 bits per heavy atom. The number of anilines is 1. The molecule has 0 aromatic heterocycles. The second kappa shape index (κ2) is 5.83. The van der Waals surface area contributed by atoms with E-state index >= 15 is 0 Å². The first-order valence-electron chi connectivity index (χ1n) is 7.24. The number of hydrogen-bond acceptors (Lipinski definition) is 3. The van der Waals surface area contributed by atoms with Gasteiger partial charge < -0.3 is 16.0 Å². The lowest BCUT2D eigenvalue weighted by Crippen LogP contribution is -2.42. The molecular formula is C16H25N3O. The van der Waals surface area contributed by atoms with Gasteiger partial charge >= 0.3 is 0 Å². The van der Waals surface area contributed by atoms with E-state index in [9.17, 15) is 4.79 Å². The normalized spacial score (nSPS) is 15.1. The molecule has 20 heavy (non-hydrogen) atoms. The van der Waals surface area contributed by atoms with E-state index in [1.54, 1.807) is 0 Å². The number of carbonyl (C=O) groups excluding carboxylic acids is 1. The zero-order valence-corrected chi connectivity index (χ0v) is 12.7. The molecule has 1 amide bonds. The molecule has 0 atom stereocenters. The van der Waals surface area contributed by atoms with E-state index in [-0.39, 0.29) is 11.4 Å². The number of nitrogens with zero attached hydrogens (tertiary/aromatic N) is 1. The minimum absolute atomic E-state index is 0.265. The summed E-state index contributed by atoms with van der Waals surface area (Å²) in [7, 11) is 2.14. The molecule has 1 aliphatic heterocycles. The second-order valence-electron chi connectivity index (χ2n) is 6.37. The predicted molar refractivity (Wildman–Crippen MR) is 82.8 cm³/mol. The molecule has 0 unspecified atom stereocenters. The number of fused-ring (bicyclic) bond motifs is 1. The van der Waals surface area contributed by atoms with Crippen molar-refractivity contribution in [2.45, 2.75) is 45.2 Å². The summed E-state index contributed by atoms with van der Waals surface area (Å²) in [6, 6.07) is 6.64. The summed E-state index contributed by atoms with van der Waals surface area (Å²) in [6.45, 7) is 5.90. The average Bonchev–Trinajstić information content (AvgIpc) is 2.35. The number of hydrogen-bond donors (Lipinski definition) is 2. The van der Waals surface area contributed by atoms with E-state index in [0.717, 1.165) is 19.5 Å². The second-order valence-corrected chi connectivity index (χ2v) is 6.37. The van der Waals surface area contributed by atoms with Gasteiger partial charge in [-0.1, -0.05) is 12.1 Å². The Balaban J connectivity index is 2.02. The van der Waals surface area contributed by atoms with Crippen LogP contribution in [-0.4, -0.2) is 25.0 Å². The zero-order chi connectivity index (χ0) is 14.8. The Morgan fingerprint density at radius 2 is 2.20 bits per heavy atom. The van der Waals surface area contributed by atoms with Gasteiger partial charge in [-0.25, -0.2) is 0 Å². The third kappa shape index (κ3) is 3.73. The number of aryl methyl sites for hydroxylation is 1. The molecule has 0 saturated heterocycles. The van der Waals surface area contributed by atoms with Crippen LogP contribution in [0.1, 0.15) is 37.8 Å². The van der Waals surface area contributed by atoms with Crippen molar-refractivity contribution in [1.29, 1.82) is 0 Å². The molecule has 0 fully saturated rings. The van der Waals surface area contributed by atoms with E-state index in [0.29, 0.717) is 6.42 Å². The summed E-state index contributed by atoms with van der Waals surface area (Å²) in [5.41, 5.74) is 9.03. The van der Waals surface area contributed by atoms with Crippen molar-refractivity contribution in [2.75, 3.05) is 18.5 Å². The maximum Gasteiger partial charge on any atom is 0.219 e. The third-order valence-electron chi connectivity index (χ3n) is 3.88. The van der Waals surface area contributed by atoms with Gasteiger partial charge in [-0.2, -0.15) is 0 Å². The van der Waals surface area contributed by atoms with Crippen molar-refractivity contribution in [3.05, 3.63) is 29.3 Å². The van der Waals surface area contributed by atoms with Crippen molar-refractivity contribution in [3.63, 3.8) is 0 Å². The molecule has 1 heterocycles. The molecule has 3 N–H and O–H groups in total. The molecule has 110 valence electrons. The van der Waals surface area contributed by atoms with Crippen molar-refractivity contribution >= 4 is 11.6 Å². The molecule has 0 aliphatic carbocycles. The summed E-state index contributed by atoms with van der Waals surface area (Å²) in [6.07, 6.45) is 2.71. The van der Waals surface area contributed by atoms with Crippen molar-refractivity contribution in [2.24, 2.45) is 5.73 Å². The van der Waals surface area contributed by atoms with Crippen LogP contribution in [0, 0.1) is 0 Å². The highest BCUT2D eigenvalue weighted by Crippen LogP contribution is 2.26. The van der Waals surface area contributed by atoms with Gasteiger partial charge in [0.2, 0.25) is 5.91 Å². The fourth-order valence-electron chi connectivity index (χ4n) is 2.79. The maximum absolute atomic E-state index is 11.0. The molecule has 0 bridgehead atoms. The van der Waals surface area contributed by atoms with E-state index in [4.69, 9.17) is 5.73 Å². The van der Waals surface area contributed by atoms with E-state index in [1.807, 2.05) is 13.8 Å². The SMILES string of the molecule is CN1CCCc2cc(CNC(C)(C)CC(N)=O)ccc21. The number of benzene rings is 1. The summed E-state index contributed by atoms with van der Waals surface area (Å²) in [5.74, 6) is -0.269. The van der Waals surface area contributed by atoms with Crippen molar-refractivity contribution in [1.82, 2.24) is 5.32 Å². The van der Waals surface area contributed by atoms with Crippen LogP contribution in [0.3, 0.4) is 0 Å². The largest absolute Gasteiger partial charge is 0.374 e. The first kappa shape index (κ1) is 14.9. The highest BCUT2D eigenvalue weighted by atomic mass is 16.1. The first-order valence-corrected chi connectivity index (χ1v) is 7.24. The number of primary amides is 1. The Labute approximate surface area is 121 Å².